The van der Waals surface area contributed by atoms with Crippen LogP contribution in [0.15, 0.2) is 42.5 Å². The molecule has 0 fully saturated rings. The van der Waals surface area contributed by atoms with Crippen molar-refractivity contribution in [2.45, 2.75) is 32.3 Å². The van der Waals surface area contributed by atoms with E-state index in [4.69, 9.17) is 11.6 Å². The lowest BCUT2D eigenvalue weighted by atomic mass is 10.0. The average Bonchev–Trinajstić information content (AvgIpc) is 2.41. The normalized spacial score (nSPS) is 12.4. The molecule has 0 aromatic heterocycles. The van der Waals surface area contributed by atoms with E-state index in [1.807, 2.05) is 6.92 Å². The maximum Gasteiger partial charge on any atom is 0.127 e. The SMILES string of the molecule is Cc1ccc(CCC(O)Cc2ccc(Cl)cc2F)cc1. The highest BCUT2D eigenvalue weighted by molar-refractivity contribution is 6.30. The molecule has 0 bridgehead atoms. The Balaban J connectivity index is 1.89. The van der Waals surface area contributed by atoms with Gasteiger partial charge in [0.1, 0.15) is 5.82 Å². The monoisotopic (exact) mass is 292 g/mol. The zero-order valence-electron chi connectivity index (χ0n) is 11.4. The quantitative estimate of drug-likeness (QED) is 0.870. The van der Waals surface area contributed by atoms with Gasteiger partial charge in [-0.3, -0.25) is 0 Å². The highest BCUT2D eigenvalue weighted by Crippen LogP contribution is 2.17. The summed E-state index contributed by atoms with van der Waals surface area (Å²) in [7, 11) is 0. The third-order valence-corrected chi connectivity index (χ3v) is 3.59. The predicted molar refractivity (Wildman–Crippen MR) is 80.6 cm³/mol. The van der Waals surface area contributed by atoms with Crippen molar-refractivity contribution >= 4 is 11.6 Å². The molecule has 0 aliphatic heterocycles. The van der Waals surface area contributed by atoms with E-state index in [-0.39, 0.29) is 5.82 Å². The number of aliphatic hydroxyl groups excluding tert-OH is 1. The van der Waals surface area contributed by atoms with Gasteiger partial charge in [-0.2, -0.15) is 0 Å². The second kappa shape index (κ2) is 6.87. The fourth-order valence-electron chi connectivity index (χ4n) is 2.13. The second-order valence-corrected chi connectivity index (χ2v) is 5.55. The molecule has 0 aliphatic carbocycles. The predicted octanol–water partition coefficient (Wildman–Crippen LogP) is 4.32. The molecule has 2 aromatic carbocycles. The molecule has 3 heteroatoms. The summed E-state index contributed by atoms with van der Waals surface area (Å²) in [4.78, 5) is 0. The van der Waals surface area contributed by atoms with E-state index in [1.165, 1.54) is 17.2 Å². The fourth-order valence-corrected chi connectivity index (χ4v) is 2.29. The number of aliphatic hydroxyl groups is 1. The highest BCUT2D eigenvalue weighted by Gasteiger charge is 2.10. The first kappa shape index (κ1) is 15.0. The van der Waals surface area contributed by atoms with E-state index in [9.17, 15) is 9.50 Å². The summed E-state index contributed by atoms with van der Waals surface area (Å²) < 4.78 is 13.6. The van der Waals surface area contributed by atoms with Crippen LogP contribution in [0.25, 0.3) is 0 Å². The van der Waals surface area contributed by atoms with Crippen molar-refractivity contribution < 1.29 is 9.50 Å². The zero-order chi connectivity index (χ0) is 14.5. The van der Waals surface area contributed by atoms with Gasteiger partial charge in [0, 0.05) is 11.4 Å². The molecule has 0 radical (unpaired) electrons. The molecule has 0 spiro atoms. The van der Waals surface area contributed by atoms with Crippen molar-refractivity contribution in [3.8, 4) is 0 Å². The standard InChI is InChI=1S/C17H18ClFO/c1-12-2-4-13(5-3-12)6-9-16(20)10-14-7-8-15(18)11-17(14)19/h2-5,7-8,11,16,20H,6,9-10H2,1H3. The molecule has 0 saturated heterocycles. The van der Waals surface area contributed by atoms with Gasteiger partial charge in [0.15, 0.2) is 0 Å². The Morgan fingerprint density at radius 3 is 2.50 bits per heavy atom. The van der Waals surface area contributed by atoms with E-state index in [2.05, 4.69) is 24.3 Å². The van der Waals surface area contributed by atoms with Gasteiger partial charge in [0.05, 0.1) is 6.10 Å². The van der Waals surface area contributed by atoms with Crippen LogP contribution in [0.4, 0.5) is 4.39 Å². The Hall–Kier alpha value is -1.38. The smallest absolute Gasteiger partial charge is 0.127 e. The van der Waals surface area contributed by atoms with Gasteiger partial charge >= 0.3 is 0 Å². The van der Waals surface area contributed by atoms with Gasteiger partial charge in [-0.25, -0.2) is 4.39 Å². The number of hydrogen-bond donors (Lipinski definition) is 1. The first-order valence-corrected chi connectivity index (χ1v) is 7.10. The Bertz CT molecular complexity index is 566. The molecular weight excluding hydrogens is 275 g/mol. The van der Waals surface area contributed by atoms with Gasteiger partial charge in [0.25, 0.3) is 0 Å². The molecule has 0 saturated carbocycles. The minimum atomic E-state index is -0.549. The Morgan fingerprint density at radius 1 is 1.15 bits per heavy atom. The summed E-state index contributed by atoms with van der Waals surface area (Å²) in [6, 6.07) is 12.8. The van der Waals surface area contributed by atoms with Crippen LogP contribution < -0.4 is 0 Å². The van der Waals surface area contributed by atoms with Crippen LogP contribution in [-0.4, -0.2) is 11.2 Å². The molecule has 0 heterocycles. The third kappa shape index (κ3) is 4.32. The molecule has 1 unspecified atom stereocenters. The second-order valence-electron chi connectivity index (χ2n) is 5.12. The molecule has 1 nitrogen and oxygen atoms in total. The van der Waals surface area contributed by atoms with Gasteiger partial charge in [-0.1, -0.05) is 47.5 Å². The topological polar surface area (TPSA) is 20.2 Å². The van der Waals surface area contributed by atoms with Crippen molar-refractivity contribution in [2.24, 2.45) is 0 Å². The van der Waals surface area contributed by atoms with E-state index in [1.54, 1.807) is 12.1 Å². The van der Waals surface area contributed by atoms with Crippen molar-refractivity contribution in [3.05, 3.63) is 70.0 Å². The maximum atomic E-state index is 13.6. The maximum absolute atomic E-state index is 13.6. The van der Waals surface area contributed by atoms with Crippen LogP contribution in [0.2, 0.25) is 5.02 Å². The van der Waals surface area contributed by atoms with Crippen LogP contribution in [0.1, 0.15) is 23.1 Å². The minimum absolute atomic E-state index is 0.314. The molecule has 2 aromatic rings. The van der Waals surface area contributed by atoms with Crippen molar-refractivity contribution in [2.75, 3.05) is 0 Å². The van der Waals surface area contributed by atoms with Gasteiger partial charge in [-0.15, -0.1) is 0 Å². The number of hydrogen-bond acceptors (Lipinski definition) is 1. The summed E-state index contributed by atoms with van der Waals surface area (Å²) in [5.41, 5.74) is 2.91. The third-order valence-electron chi connectivity index (χ3n) is 3.36. The molecular formula is C17H18ClFO. The van der Waals surface area contributed by atoms with Crippen LogP contribution in [0.5, 0.6) is 0 Å². The van der Waals surface area contributed by atoms with Crippen LogP contribution in [0.3, 0.4) is 0 Å². The molecule has 1 N–H and O–H groups in total. The van der Waals surface area contributed by atoms with Crippen molar-refractivity contribution in [3.63, 3.8) is 0 Å². The first-order valence-electron chi connectivity index (χ1n) is 6.72. The first-order chi connectivity index (χ1) is 9.54. The summed E-state index contributed by atoms with van der Waals surface area (Å²) in [6.07, 6.45) is 1.17. The van der Waals surface area contributed by atoms with Gasteiger partial charge < -0.3 is 5.11 Å². The van der Waals surface area contributed by atoms with Crippen LogP contribution >= 0.6 is 11.6 Å². The van der Waals surface area contributed by atoms with Crippen molar-refractivity contribution in [1.29, 1.82) is 0 Å². The van der Waals surface area contributed by atoms with Crippen molar-refractivity contribution in [1.82, 2.24) is 0 Å². The van der Waals surface area contributed by atoms with E-state index in [0.29, 0.717) is 23.4 Å². The average molecular weight is 293 g/mol. The molecule has 0 amide bonds. The Labute approximate surface area is 124 Å². The Morgan fingerprint density at radius 2 is 1.85 bits per heavy atom. The zero-order valence-corrected chi connectivity index (χ0v) is 12.2. The molecule has 1 atom stereocenters. The number of benzene rings is 2. The molecule has 106 valence electrons. The lowest BCUT2D eigenvalue weighted by Crippen LogP contribution is -2.12. The Kier molecular flexibility index (Phi) is 5.16. The fraction of sp³-hybridized carbons (Fsp3) is 0.294. The van der Waals surface area contributed by atoms with Crippen LogP contribution in [-0.2, 0) is 12.8 Å². The number of rotatable bonds is 5. The molecule has 2 rings (SSSR count). The highest BCUT2D eigenvalue weighted by atomic mass is 35.5. The summed E-state index contributed by atoms with van der Waals surface area (Å²) >= 11 is 5.70. The largest absolute Gasteiger partial charge is 0.393 e. The van der Waals surface area contributed by atoms with E-state index < -0.39 is 6.10 Å². The van der Waals surface area contributed by atoms with Gasteiger partial charge in [0.2, 0.25) is 0 Å². The van der Waals surface area contributed by atoms with Gasteiger partial charge in [-0.05, 0) is 43.0 Å². The lowest BCUT2D eigenvalue weighted by molar-refractivity contribution is 0.164. The summed E-state index contributed by atoms with van der Waals surface area (Å²) in [5.74, 6) is -0.355. The number of aryl methyl sites for hydroxylation is 2. The minimum Gasteiger partial charge on any atom is -0.393 e. The van der Waals surface area contributed by atoms with Crippen LogP contribution in [0, 0.1) is 12.7 Å². The summed E-state index contributed by atoms with van der Waals surface area (Å²) in [5, 5.41) is 10.4. The lowest BCUT2D eigenvalue weighted by Gasteiger charge is -2.11. The van der Waals surface area contributed by atoms with E-state index >= 15 is 0 Å². The van der Waals surface area contributed by atoms with E-state index in [0.717, 1.165) is 6.42 Å². The molecule has 0 aliphatic rings. The molecule has 20 heavy (non-hydrogen) atoms. The number of halogens is 2. The summed E-state index contributed by atoms with van der Waals surface area (Å²) in [6.45, 7) is 2.04.